The molecule has 1 aliphatic heterocycles. The van der Waals surface area contributed by atoms with Crippen LogP contribution in [0.15, 0.2) is 70.5 Å². The Bertz CT molecular complexity index is 1120. The second kappa shape index (κ2) is 9.32. The van der Waals surface area contributed by atoms with Gasteiger partial charge in [-0.3, -0.25) is 10.3 Å². The maximum atomic E-state index is 11.9. The number of carbonyl (C=O) groups excluding carboxylic acids is 1. The first-order valence-electron chi connectivity index (χ1n) is 9.44. The number of hydrazine groups is 1. The largest absolute Gasteiger partial charge is 0.449 e. The normalized spacial score (nSPS) is 15.0. The number of nitrogens with zero attached hydrogens (tertiary/aromatic N) is 4. The fraction of sp³-hybridized carbons (Fsp3) is 0.143. The van der Waals surface area contributed by atoms with Crippen LogP contribution in [-0.2, 0) is 4.74 Å². The van der Waals surface area contributed by atoms with E-state index >= 15 is 0 Å². The fourth-order valence-corrected chi connectivity index (χ4v) is 3.63. The highest BCUT2D eigenvalue weighted by atomic mass is 79.9. The zero-order valence-corrected chi connectivity index (χ0v) is 18.8. The predicted octanol–water partition coefficient (Wildman–Crippen LogP) is 4.74. The lowest BCUT2D eigenvalue weighted by atomic mass is 9.99. The average Bonchev–Trinajstić information content (AvgIpc) is 2.77. The van der Waals surface area contributed by atoms with Crippen LogP contribution in [0.1, 0.15) is 24.1 Å². The third-order valence-electron chi connectivity index (χ3n) is 4.49. The molecule has 1 aromatic heterocycles. The van der Waals surface area contributed by atoms with Crippen molar-refractivity contribution >= 4 is 51.1 Å². The molecule has 10 heteroatoms. The molecule has 1 amide bonds. The number of benzene rings is 2. The molecule has 3 aromatic rings. The van der Waals surface area contributed by atoms with E-state index in [1.54, 1.807) is 30.2 Å². The van der Waals surface area contributed by atoms with Crippen molar-refractivity contribution in [2.24, 2.45) is 4.99 Å². The molecule has 0 saturated carbocycles. The Hall–Kier alpha value is -3.17. The summed E-state index contributed by atoms with van der Waals surface area (Å²) in [7, 11) is 0. The number of aliphatic imine (C=N–C) groups is 1. The van der Waals surface area contributed by atoms with Crippen LogP contribution in [-0.4, -0.2) is 28.6 Å². The molecular weight excluding hydrogens is 484 g/mol. The van der Waals surface area contributed by atoms with Crippen molar-refractivity contribution in [1.82, 2.24) is 20.8 Å². The van der Waals surface area contributed by atoms with Crippen LogP contribution in [0.2, 0.25) is 5.02 Å². The molecule has 0 radical (unpaired) electrons. The third kappa shape index (κ3) is 4.62. The van der Waals surface area contributed by atoms with Crippen LogP contribution in [0.25, 0.3) is 0 Å². The summed E-state index contributed by atoms with van der Waals surface area (Å²) in [5.74, 6) is 0.975. The van der Waals surface area contributed by atoms with Crippen LogP contribution in [0, 0.1) is 0 Å². The highest BCUT2D eigenvalue weighted by molar-refractivity contribution is 9.10. The van der Waals surface area contributed by atoms with Gasteiger partial charge in [-0.25, -0.2) is 25.2 Å². The summed E-state index contributed by atoms with van der Waals surface area (Å²) < 4.78 is 5.91. The van der Waals surface area contributed by atoms with Crippen molar-refractivity contribution in [3.8, 4) is 0 Å². The van der Waals surface area contributed by atoms with Gasteiger partial charge in [-0.15, -0.1) is 0 Å². The van der Waals surface area contributed by atoms with E-state index in [9.17, 15) is 4.79 Å². The van der Waals surface area contributed by atoms with Crippen LogP contribution < -0.4 is 15.8 Å². The van der Waals surface area contributed by atoms with Gasteiger partial charge in [0.25, 0.3) is 0 Å². The van der Waals surface area contributed by atoms with Gasteiger partial charge in [0, 0.05) is 21.3 Å². The van der Waals surface area contributed by atoms with Gasteiger partial charge in [0.05, 0.1) is 12.3 Å². The molecule has 1 unspecified atom stereocenters. The van der Waals surface area contributed by atoms with Crippen molar-refractivity contribution in [2.75, 3.05) is 11.5 Å². The number of hydrogen-bond acceptors (Lipinski definition) is 7. The highest BCUT2D eigenvalue weighted by Gasteiger charge is 2.32. The second-order valence-corrected chi connectivity index (χ2v) is 7.85. The lowest BCUT2D eigenvalue weighted by molar-refractivity contribution is 0.150. The Morgan fingerprint density at radius 3 is 2.81 bits per heavy atom. The van der Waals surface area contributed by atoms with E-state index in [4.69, 9.17) is 21.3 Å². The molecule has 4 rings (SSSR count). The molecule has 0 fully saturated rings. The number of anilines is 2. The van der Waals surface area contributed by atoms with Crippen molar-refractivity contribution in [3.05, 3.63) is 81.7 Å². The number of carbonyl (C=O) groups is 1. The van der Waals surface area contributed by atoms with Gasteiger partial charge in [0.15, 0.2) is 0 Å². The predicted molar refractivity (Wildman–Crippen MR) is 122 cm³/mol. The second-order valence-electron chi connectivity index (χ2n) is 6.49. The van der Waals surface area contributed by atoms with Gasteiger partial charge < -0.3 is 4.74 Å². The van der Waals surface area contributed by atoms with Crippen LogP contribution in [0.5, 0.6) is 0 Å². The number of halogens is 2. The maximum absolute atomic E-state index is 11.9. The average molecular weight is 502 g/mol. The number of guanidine groups is 1. The van der Waals surface area contributed by atoms with Gasteiger partial charge in [-0.2, -0.15) is 0 Å². The summed E-state index contributed by atoms with van der Waals surface area (Å²) in [5, 5.41) is 0.556. The molecule has 0 saturated heterocycles. The van der Waals surface area contributed by atoms with Crippen molar-refractivity contribution in [2.45, 2.75) is 13.0 Å². The number of nitrogens with one attached hydrogen (secondary N) is 2. The van der Waals surface area contributed by atoms with Crippen LogP contribution >= 0.6 is 27.5 Å². The maximum Gasteiger partial charge on any atom is 0.426 e. The zero-order valence-electron chi connectivity index (χ0n) is 16.4. The fourth-order valence-electron chi connectivity index (χ4n) is 3.18. The van der Waals surface area contributed by atoms with E-state index in [1.807, 2.05) is 36.4 Å². The SMILES string of the molecule is CCOC(=O)NNC1=NC(c2ccc(Br)cc2)c2cncnc2N1c1cccc(Cl)c1. The smallest absolute Gasteiger partial charge is 0.426 e. The van der Waals surface area contributed by atoms with Crippen molar-refractivity contribution in [3.63, 3.8) is 0 Å². The van der Waals surface area contributed by atoms with Crippen molar-refractivity contribution < 1.29 is 9.53 Å². The molecule has 31 heavy (non-hydrogen) atoms. The van der Waals surface area contributed by atoms with Crippen molar-refractivity contribution in [1.29, 1.82) is 0 Å². The Balaban J connectivity index is 1.81. The first-order valence-corrected chi connectivity index (χ1v) is 10.6. The summed E-state index contributed by atoms with van der Waals surface area (Å²) in [5.41, 5.74) is 7.85. The molecule has 158 valence electrons. The summed E-state index contributed by atoms with van der Waals surface area (Å²) >= 11 is 9.69. The highest BCUT2D eigenvalue weighted by Crippen LogP contribution is 2.39. The molecular formula is C21H18BrClN6O2. The number of fused-ring (bicyclic) bond motifs is 1. The van der Waals surface area contributed by atoms with E-state index in [0.29, 0.717) is 16.8 Å². The first kappa shape index (κ1) is 21.1. The molecule has 0 bridgehead atoms. The minimum Gasteiger partial charge on any atom is -0.449 e. The molecule has 0 aliphatic carbocycles. The Morgan fingerprint density at radius 2 is 2.06 bits per heavy atom. The summed E-state index contributed by atoms with van der Waals surface area (Å²) in [6.07, 6.45) is 2.59. The molecule has 2 heterocycles. The molecule has 2 aromatic carbocycles. The van der Waals surface area contributed by atoms with Gasteiger partial charge in [0.2, 0.25) is 5.96 Å². The third-order valence-corrected chi connectivity index (χ3v) is 5.26. The number of aromatic nitrogens is 2. The molecule has 8 nitrogen and oxygen atoms in total. The minimum atomic E-state index is -0.620. The van der Waals surface area contributed by atoms with E-state index in [2.05, 4.69) is 36.7 Å². The van der Waals surface area contributed by atoms with Gasteiger partial charge in [-0.1, -0.05) is 45.7 Å². The molecule has 1 atom stereocenters. The van der Waals surface area contributed by atoms with Gasteiger partial charge in [-0.05, 0) is 42.8 Å². The number of ether oxygens (including phenoxy) is 1. The van der Waals surface area contributed by atoms with E-state index < -0.39 is 6.09 Å². The topological polar surface area (TPSA) is 91.7 Å². The number of rotatable bonds is 3. The van der Waals surface area contributed by atoms with Crippen LogP contribution in [0.3, 0.4) is 0 Å². The zero-order chi connectivity index (χ0) is 21.8. The molecule has 2 N–H and O–H groups in total. The number of amides is 1. The van der Waals surface area contributed by atoms with E-state index in [1.165, 1.54) is 6.33 Å². The Morgan fingerprint density at radius 1 is 1.26 bits per heavy atom. The quantitative estimate of drug-likeness (QED) is 0.504. The van der Waals surface area contributed by atoms with Gasteiger partial charge in [0.1, 0.15) is 18.2 Å². The standard InChI is InChI=1S/C21H18BrClN6O2/c1-2-31-21(30)28-27-20-26-18(13-6-8-14(22)9-7-13)17-11-24-12-25-19(17)29(20)16-5-3-4-15(23)10-16/h3-12,18H,2H2,1H3,(H,26,27)(H,28,30). The monoisotopic (exact) mass is 500 g/mol. The van der Waals surface area contributed by atoms with E-state index in [-0.39, 0.29) is 12.6 Å². The molecule has 1 aliphatic rings. The molecule has 0 spiro atoms. The number of hydrogen-bond donors (Lipinski definition) is 2. The minimum absolute atomic E-state index is 0.246. The van der Waals surface area contributed by atoms with E-state index in [0.717, 1.165) is 21.3 Å². The summed E-state index contributed by atoms with van der Waals surface area (Å²) in [6.45, 7) is 1.97. The van der Waals surface area contributed by atoms with Gasteiger partial charge >= 0.3 is 6.09 Å². The Kier molecular flexibility index (Phi) is 6.34. The summed E-state index contributed by atoms with van der Waals surface area (Å²) in [4.78, 5) is 27.2. The van der Waals surface area contributed by atoms with Crippen LogP contribution in [0.4, 0.5) is 16.3 Å². The first-order chi connectivity index (χ1) is 15.1. The summed E-state index contributed by atoms with van der Waals surface area (Å²) in [6, 6.07) is 14.7. The Labute approximate surface area is 192 Å². The lowest BCUT2D eigenvalue weighted by Crippen LogP contribution is -2.50. The lowest BCUT2D eigenvalue weighted by Gasteiger charge is -2.33.